The molecule has 1 aliphatic rings. The molecule has 150 valence electrons. The minimum absolute atomic E-state index is 0.150. The molecule has 0 amide bonds. The summed E-state index contributed by atoms with van der Waals surface area (Å²) in [5.74, 6) is -2.21. The Morgan fingerprint density at radius 3 is 2.24 bits per heavy atom. The van der Waals surface area contributed by atoms with Crippen LogP contribution in [0.15, 0.2) is 42.5 Å². The molecule has 29 heavy (non-hydrogen) atoms. The van der Waals surface area contributed by atoms with Gasteiger partial charge in [0.1, 0.15) is 22.5 Å². The van der Waals surface area contributed by atoms with Gasteiger partial charge in [0.15, 0.2) is 0 Å². The lowest BCUT2D eigenvalue weighted by molar-refractivity contribution is 0.584. The molecular weight excluding hydrogens is 393 g/mol. The summed E-state index contributed by atoms with van der Waals surface area (Å²) in [4.78, 5) is 0. The van der Waals surface area contributed by atoms with E-state index >= 15 is 4.39 Å². The molecule has 0 heterocycles. The predicted octanol–water partition coefficient (Wildman–Crippen LogP) is 8.12. The number of aryl methyl sites for hydroxylation is 1. The lowest BCUT2D eigenvalue weighted by Crippen LogP contribution is -1.94. The van der Waals surface area contributed by atoms with Crippen LogP contribution in [0, 0.1) is 17.5 Å². The number of hydrogen-bond acceptors (Lipinski definition) is 0. The molecular formula is C25H22ClF3. The number of rotatable bonds is 6. The number of fused-ring (bicyclic) bond motifs is 3. The summed E-state index contributed by atoms with van der Waals surface area (Å²) in [7, 11) is 0. The van der Waals surface area contributed by atoms with E-state index in [1.807, 2.05) is 6.07 Å². The Labute approximate surface area is 174 Å². The highest BCUT2D eigenvalue weighted by Crippen LogP contribution is 2.41. The van der Waals surface area contributed by atoms with Gasteiger partial charge >= 0.3 is 0 Å². The predicted molar refractivity (Wildman–Crippen MR) is 113 cm³/mol. The summed E-state index contributed by atoms with van der Waals surface area (Å²) in [5, 5.41) is -0.575. The van der Waals surface area contributed by atoms with Gasteiger partial charge in [-0.1, -0.05) is 68.1 Å². The van der Waals surface area contributed by atoms with E-state index in [-0.39, 0.29) is 11.1 Å². The van der Waals surface area contributed by atoms with Gasteiger partial charge < -0.3 is 0 Å². The van der Waals surface area contributed by atoms with Crippen LogP contribution >= 0.6 is 11.6 Å². The van der Waals surface area contributed by atoms with Gasteiger partial charge in [-0.05, 0) is 52.8 Å². The first kappa shape index (κ1) is 20.0. The van der Waals surface area contributed by atoms with Crippen molar-refractivity contribution in [3.63, 3.8) is 0 Å². The van der Waals surface area contributed by atoms with Crippen LogP contribution in [0.5, 0.6) is 0 Å². The maximum Gasteiger partial charge on any atom is 0.145 e. The maximum absolute atomic E-state index is 15.3. The van der Waals surface area contributed by atoms with Gasteiger partial charge in [-0.25, -0.2) is 13.2 Å². The average molecular weight is 415 g/mol. The van der Waals surface area contributed by atoms with E-state index in [0.717, 1.165) is 41.7 Å². The van der Waals surface area contributed by atoms with Crippen LogP contribution in [-0.4, -0.2) is 0 Å². The van der Waals surface area contributed by atoms with Crippen LogP contribution in [0.2, 0.25) is 5.02 Å². The zero-order valence-corrected chi connectivity index (χ0v) is 17.1. The molecule has 4 rings (SSSR count). The lowest BCUT2D eigenvalue weighted by Gasteiger charge is -2.10. The molecule has 0 saturated carbocycles. The van der Waals surface area contributed by atoms with Gasteiger partial charge in [0.2, 0.25) is 0 Å². The van der Waals surface area contributed by atoms with Crippen molar-refractivity contribution >= 4 is 11.6 Å². The Hall–Kier alpha value is -2.26. The summed E-state index contributed by atoms with van der Waals surface area (Å²) in [5.41, 5.74) is 5.19. The third kappa shape index (κ3) is 3.81. The highest BCUT2D eigenvalue weighted by atomic mass is 35.5. The minimum atomic E-state index is -0.891. The van der Waals surface area contributed by atoms with Crippen molar-refractivity contribution in [3.05, 3.63) is 81.6 Å². The fourth-order valence-corrected chi connectivity index (χ4v) is 4.25. The Morgan fingerprint density at radius 2 is 1.52 bits per heavy atom. The number of halogens is 4. The molecule has 0 fully saturated rings. The van der Waals surface area contributed by atoms with Crippen molar-refractivity contribution in [2.45, 2.75) is 45.4 Å². The van der Waals surface area contributed by atoms with Crippen molar-refractivity contribution < 1.29 is 13.2 Å². The standard InChI is InChI=1S/C25H22ClF3/c1-2-3-4-5-6-15-7-8-18-16(11-15)12-21-20(18)10-9-19(25(21)29)17-13-22(27)24(26)23(28)14-17/h7-11,13-14H,2-6,12H2,1H3. The summed E-state index contributed by atoms with van der Waals surface area (Å²) in [6.07, 6.45) is 6.36. The molecule has 1 aliphatic carbocycles. The quantitative estimate of drug-likeness (QED) is 0.221. The zero-order valence-electron chi connectivity index (χ0n) is 16.3. The smallest absolute Gasteiger partial charge is 0.145 e. The average Bonchev–Trinajstić information content (AvgIpc) is 3.08. The van der Waals surface area contributed by atoms with E-state index in [1.165, 1.54) is 24.8 Å². The first-order valence-electron chi connectivity index (χ1n) is 10.1. The van der Waals surface area contributed by atoms with Gasteiger partial charge in [0, 0.05) is 17.5 Å². The van der Waals surface area contributed by atoms with E-state index < -0.39 is 22.5 Å². The molecule has 3 aromatic carbocycles. The molecule has 0 unspecified atom stereocenters. The van der Waals surface area contributed by atoms with Crippen LogP contribution in [-0.2, 0) is 12.8 Å². The van der Waals surface area contributed by atoms with Gasteiger partial charge in [0.05, 0.1) is 0 Å². The van der Waals surface area contributed by atoms with Gasteiger partial charge in [-0.15, -0.1) is 0 Å². The molecule has 0 radical (unpaired) electrons. The number of hydrogen-bond donors (Lipinski definition) is 0. The fourth-order valence-electron chi connectivity index (χ4n) is 4.14. The van der Waals surface area contributed by atoms with Gasteiger partial charge in [-0.3, -0.25) is 0 Å². The summed E-state index contributed by atoms with van der Waals surface area (Å²) < 4.78 is 43.0. The molecule has 3 aromatic rings. The monoisotopic (exact) mass is 414 g/mol. The zero-order chi connectivity index (χ0) is 20.5. The van der Waals surface area contributed by atoms with E-state index in [9.17, 15) is 8.78 Å². The van der Waals surface area contributed by atoms with E-state index in [4.69, 9.17) is 11.6 Å². The fraction of sp³-hybridized carbons (Fsp3) is 0.280. The molecule has 0 aromatic heterocycles. The van der Waals surface area contributed by atoms with E-state index in [2.05, 4.69) is 25.1 Å². The largest absolute Gasteiger partial charge is 0.206 e. The van der Waals surface area contributed by atoms with Crippen LogP contribution < -0.4 is 0 Å². The number of benzene rings is 3. The highest BCUT2D eigenvalue weighted by molar-refractivity contribution is 6.31. The molecule has 0 spiro atoms. The van der Waals surface area contributed by atoms with E-state index in [1.54, 1.807) is 6.07 Å². The molecule has 0 saturated heterocycles. The maximum atomic E-state index is 15.3. The van der Waals surface area contributed by atoms with Crippen LogP contribution in [0.25, 0.3) is 22.3 Å². The molecule has 0 aliphatic heterocycles. The molecule has 0 bridgehead atoms. The summed E-state index contributed by atoms with van der Waals surface area (Å²) in [6.45, 7) is 2.20. The van der Waals surface area contributed by atoms with Crippen molar-refractivity contribution in [3.8, 4) is 22.3 Å². The van der Waals surface area contributed by atoms with Crippen molar-refractivity contribution in [2.75, 3.05) is 0 Å². The highest BCUT2D eigenvalue weighted by Gasteiger charge is 2.24. The first-order chi connectivity index (χ1) is 14.0. The Bertz CT molecular complexity index is 1050. The number of unbranched alkanes of at least 4 members (excludes halogenated alkanes) is 3. The van der Waals surface area contributed by atoms with Crippen LogP contribution in [0.4, 0.5) is 13.2 Å². The second-order valence-corrected chi connectivity index (χ2v) is 8.06. The summed E-state index contributed by atoms with van der Waals surface area (Å²) in [6, 6.07) is 11.9. The van der Waals surface area contributed by atoms with Crippen molar-refractivity contribution in [1.29, 1.82) is 0 Å². The second-order valence-electron chi connectivity index (χ2n) is 7.69. The van der Waals surface area contributed by atoms with Crippen molar-refractivity contribution in [2.24, 2.45) is 0 Å². The molecule has 0 nitrogen and oxygen atoms in total. The second kappa shape index (κ2) is 8.23. The topological polar surface area (TPSA) is 0 Å². The lowest BCUT2D eigenvalue weighted by atomic mass is 9.97. The van der Waals surface area contributed by atoms with Gasteiger partial charge in [0.25, 0.3) is 0 Å². The minimum Gasteiger partial charge on any atom is -0.206 e. The van der Waals surface area contributed by atoms with Crippen molar-refractivity contribution in [1.82, 2.24) is 0 Å². The first-order valence-corrected chi connectivity index (χ1v) is 10.5. The molecule has 0 atom stereocenters. The van der Waals surface area contributed by atoms with Crippen LogP contribution in [0.3, 0.4) is 0 Å². The SMILES string of the molecule is CCCCCCc1ccc2c(c1)Cc1c-2ccc(-c2cc(F)c(Cl)c(F)c2)c1F. The Morgan fingerprint density at radius 1 is 0.828 bits per heavy atom. The molecule has 0 N–H and O–H groups in total. The molecule has 4 heteroatoms. The Kier molecular flexibility index (Phi) is 5.69. The normalized spacial score (nSPS) is 12.2. The van der Waals surface area contributed by atoms with Gasteiger partial charge in [-0.2, -0.15) is 0 Å². The van der Waals surface area contributed by atoms with E-state index in [0.29, 0.717) is 12.0 Å². The van der Waals surface area contributed by atoms with Crippen LogP contribution in [0.1, 0.15) is 49.3 Å². The third-order valence-corrected chi connectivity index (χ3v) is 6.05. The summed E-state index contributed by atoms with van der Waals surface area (Å²) >= 11 is 5.56. The Balaban J connectivity index is 1.64. The third-order valence-electron chi connectivity index (χ3n) is 5.68.